The minimum atomic E-state index is -0.638. The number of aromatic nitrogens is 2. The van der Waals surface area contributed by atoms with E-state index < -0.39 is 5.92 Å². The van der Waals surface area contributed by atoms with Crippen molar-refractivity contribution in [2.45, 2.75) is 12.8 Å². The maximum absolute atomic E-state index is 10.2. The lowest BCUT2D eigenvalue weighted by molar-refractivity contribution is 0.317. The van der Waals surface area contributed by atoms with Gasteiger partial charge in [0.2, 0.25) is 17.5 Å². The maximum atomic E-state index is 10.2. The van der Waals surface area contributed by atoms with Crippen molar-refractivity contribution in [1.82, 2.24) is 10.2 Å². The molecule has 1 aromatic heterocycles. The van der Waals surface area contributed by atoms with Gasteiger partial charge in [-0.2, -0.15) is 5.26 Å². The summed E-state index contributed by atoms with van der Waals surface area (Å²) in [6, 6.07) is 10.6. The predicted molar refractivity (Wildman–Crippen MR) is 122 cm³/mol. The van der Waals surface area contributed by atoms with Crippen LogP contribution in [0.15, 0.2) is 41.8 Å². The Bertz CT molecular complexity index is 1280. The number of phenols is 1. The minimum absolute atomic E-state index is 0.00890. The molecule has 0 spiro atoms. The first-order chi connectivity index (χ1) is 16.5. The molecule has 2 heterocycles. The second-order valence-corrected chi connectivity index (χ2v) is 7.32. The molecule has 0 unspecified atom stereocenters. The van der Waals surface area contributed by atoms with Crippen molar-refractivity contribution in [1.29, 1.82) is 5.26 Å². The van der Waals surface area contributed by atoms with Crippen LogP contribution in [-0.4, -0.2) is 43.2 Å². The number of nitrogens with one attached hydrogen (secondary N) is 1. The van der Waals surface area contributed by atoms with Crippen LogP contribution in [0.1, 0.15) is 24.0 Å². The minimum Gasteiger partial charge on any atom is -0.504 e. The summed E-state index contributed by atoms with van der Waals surface area (Å²) in [6.07, 6.45) is 0. The van der Waals surface area contributed by atoms with E-state index in [1.165, 1.54) is 27.4 Å². The number of nitriles is 1. The van der Waals surface area contributed by atoms with Gasteiger partial charge in [0, 0.05) is 5.56 Å². The average molecular weight is 464 g/mol. The van der Waals surface area contributed by atoms with E-state index in [4.69, 9.17) is 29.4 Å². The highest BCUT2D eigenvalue weighted by molar-refractivity contribution is 5.75. The number of hydrogen-bond donors (Lipinski definition) is 3. The van der Waals surface area contributed by atoms with Gasteiger partial charge in [0.05, 0.1) is 45.1 Å². The quantitative estimate of drug-likeness (QED) is 0.479. The number of rotatable bonds is 7. The highest BCUT2D eigenvalue weighted by Gasteiger charge is 2.36. The summed E-state index contributed by atoms with van der Waals surface area (Å²) in [6.45, 7) is 2.18. The van der Waals surface area contributed by atoms with Gasteiger partial charge in [0.25, 0.3) is 0 Å². The Morgan fingerprint density at radius 3 is 2.41 bits per heavy atom. The normalized spacial score (nSPS) is 14.6. The lowest BCUT2D eigenvalue weighted by Gasteiger charge is -2.25. The Morgan fingerprint density at radius 1 is 1.12 bits per heavy atom. The van der Waals surface area contributed by atoms with Gasteiger partial charge in [0.1, 0.15) is 11.6 Å². The Kier molecular flexibility index (Phi) is 6.10. The summed E-state index contributed by atoms with van der Waals surface area (Å²) in [7, 11) is 4.58. The van der Waals surface area contributed by atoms with Gasteiger partial charge in [-0.05, 0) is 36.8 Å². The standard InChI is InChI=1S/C24H24N4O6/c1-5-33-16-8-12(6-7-15(16)29)19-14(11-25)23(26)34-24-20(19)21(27-28-24)13-9-17(30-2)22(32-4)18(10-13)31-3/h6-10,19,29H,5,26H2,1-4H3,(H,27,28)/t19-/m1/s1. The van der Waals surface area contributed by atoms with Crippen molar-refractivity contribution < 1.29 is 28.8 Å². The van der Waals surface area contributed by atoms with E-state index in [9.17, 15) is 10.4 Å². The molecule has 0 aliphatic carbocycles. The second kappa shape index (κ2) is 9.15. The van der Waals surface area contributed by atoms with Gasteiger partial charge in [-0.3, -0.25) is 5.10 Å². The summed E-state index contributed by atoms with van der Waals surface area (Å²) in [5.41, 5.74) is 8.78. The number of allylic oxidation sites excluding steroid dienone is 1. The third-order valence-electron chi connectivity index (χ3n) is 5.51. The van der Waals surface area contributed by atoms with Crippen molar-refractivity contribution in [2.75, 3.05) is 27.9 Å². The summed E-state index contributed by atoms with van der Waals surface area (Å²) in [5.74, 6) is 1.18. The lowest BCUT2D eigenvalue weighted by atomic mass is 9.83. The molecule has 0 bridgehead atoms. The fraction of sp³-hybridized carbons (Fsp3) is 0.250. The van der Waals surface area contributed by atoms with Gasteiger partial charge >= 0.3 is 0 Å². The number of phenolic OH excluding ortho intramolecular Hbond substituents is 1. The number of nitrogens with zero attached hydrogens (tertiary/aromatic N) is 2. The van der Waals surface area contributed by atoms with Crippen LogP contribution in [0.2, 0.25) is 0 Å². The van der Waals surface area contributed by atoms with Crippen LogP contribution < -0.4 is 29.4 Å². The number of benzene rings is 2. The lowest BCUT2D eigenvalue weighted by Crippen LogP contribution is -2.21. The van der Waals surface area contributed by atoms with Gasteiger partial charge in [-0.25, -0.2) is 0 Å². The summed E-state index contributed by atoms with van der Waals surface area (Å²) >= 11 is 0. The smallest absolute Gasteiger partial charge is 0.244 e. The molecule has 1 aliphatic heterocycles. The van der Waals surface area contributed by atoms with E-state index in [0.29, 0.717) is 52.0 Å². The van der Waals surface area contributed by atoms with Crippen LogP contribution >= 0.6 is 0 Å². The van der Waals surface area contributed by atoms with Gasteiger partial charge in [0.15, 0.2) is 23.0 Å². The molecular formula is C24H24N4O6. The number of hydrogen-bond acceptors (Lipinski definition) is 9. The van der Waals surface area contributed by atoms with Crippen molar-refractivity contribution in [3.05, 3.63) is 52.9 Å². The van der Waals surface area contributed by atoms with Crippen LogP contribution in [0.25, 0.3) is 11.3 Å². The number of aromatic hydroxyl groups is 1. The van der Waals surface area contributed by atoms with Crippen LogP contribution in [-0.2, 0) is 0 Å². The molecular weight excluding hydrogens is 440 g/mol. The third kappa shape index (κ3) is 3.67. The maximum Gasteiger partial charge on any atom is 0.244 e. The topological polar surface area (TPSA) is 145 Å². The van der Waals surface area contributed by atoms with Crippen LogP contribution in [0, 0.1) is 11.3 Å². The highest BCUT2D eigenvalue weighted by atomic mass is 16.5. The highest BCUT2D eigenvalue weighted by Crippen LogP contribution is 2.49. The van der Waals surface area contributed by atoms with E-state index in [-0.39, 0.29) is 23.1 Å². The van der Waals surface area contributed by atoms with E-state index in [2.05, 4.69) is 16.3 Å². The van der Waals surface area contributed by atoms with Crippen molar-refractivity contribution in [2.24, 2.45) is 5.73 Å². The molecule has 34 heavy (non-hydrogen) atoms. The average Bonchev–Trinajstić information content (AvgIpc) is 3.27. The molecule has 4 rings (SSSR count). The fourth-order valence-electron chi connectivity index (χ4n) is 4.01. The Morgan fingerprint density at radius 2 is 1.82 bits per heavy atom. The monoisotopic (exact) mass is 464 g/mol. The number of aromatic amines is 1. The molecule has 0 fully saturated rings. The molecule has 0 saturated heterocycles. The second-order valence-electron chi connectivity index (χ2n) is 7.32. The Balaban J connectivity index is 1.95. The molecule has 176 valence electrons. The number of fused-ring (bicyclic) bond motifs is 1. The van der Waals surface area contributed by atoms with Crippen molar-refractivity contribution >= 4 is 0 Å². The summed E-state index contributed by atoms with van der Waals surface area (Å²) in [5, 5.41) is 27.4. The molecule has 1 atom stereocenters. The number of methoxy groups -OCH3 is 3. The SMILES string of the molecule is CCOc1cc([C@@H]2C(C#N)=C(N)Oc3n[nH]c(-c4cc(OC)c(OC)c(OC)c4)c32)ccc1O. The van der Waals surface area contributed by atoms with Crippen LogP contribution in [0.5, 0.6) is 34.6 Å². The molecule has 10 heteroatoms. The van der Waals surface area contributed by atoms with E-state index in [0.717, 1.165) is 0 Å². The number of H-pyrrole nitrogens is 1. The van der Waals surface area contributed by atoms with Gasteiger partial charge in [-0.15, -0.1) is 5.10 Å². The zero-order valence-electron chi connectivity index (χ0n) is 19.1. The first kappa shape index (κ1) is 22.7. The molecule has 0 amide bonds. The largest absolute Gasteiger partial charge is 0.504 e. The zero-order chi connectivity index (χ0) is 24.4. The summed E-state index contributed by atoms with van der Waals surface area (Å²) in [4.78, 5) is 0. The van der Waals surface area contributed by atoms with Crippen molar-refractivity contribution in [3.63, 3.8) is 0 Å². The molecule has 0 radical (unpaired) electrons. The molecule has 3 aromatic rings. The van der Waals surface area contributed by atoms with E-state index in [1.807, 2.05) is 6.92 Å². The molecule has 4 N–H and O–H groups in total. The van der Waals surface area contributed by atoms with Crippen molar-refractivity contribution in [3.8, 4) is 52.0 Å². The first-order valence-electron chi connectivity index (χ1n) is 10.4. The third-order valence-corrected chi connectivity index (χ3v) is 5.51. The Labute approximate surface area is 196 Å². The molecule has 10 nitrogen and oxygen atoms in total. The molecule has 2 aromatic carbocycles. The Hall–Kier alpha value is -4.52. The van der Waals surface area contributed by atoms with Gasteiger partial charge < -0.3 is 34.5 Å². The van der Waals surface area contributed by atoms with Crippen LogP contribution in [0.3, 0.4) is 0 Å². The predicted octanol–water partition coefficient (Wildman–Crippen LogP) is 3.42. The van der Waals surface area contributed by atoms with Gasteiger partial charge in [-0.1, -0.05) is 6.07 Å². The summed E-state index contributed by atoms with van der Waals surface area (Å²) < 4.78 is 27.6. The van der Waals surface area contributed by atoms with E-state index >= 15 is 0 Å². The number of nitrogens with two attached hydrogens (primary N) is 1. The molecule has 1 aliphatic rings. The van der Waals surface area contributed by atoms with E-state index in [1.54, 1.807) is 24.3 Å². The number of ether oxygens (including phenoxy) is 5. The first-order valence-corrected chi connectivity index (χ1v) is 10.4. The molecule has 0 saturated carbocycles. The van der Waals surface area contributed by atoms with Crippen LogP contribution in [0.4, 0.5) is 0 Å². The zero-order valence-corrected chi connectivity index (χ0v) is 19.1. The fourth-order valence-corrected chi connectivity index (χ4v) is 4.01.